The van der Waals surface area contributed by atoms with Crippen molar-refractivity contribution in [1.82, 2.24) is 0 Å². The number of hydrogen-bond donors (Lipinski definition) is 1. The van der Waals surface area contributed by atoms with Crippen LogP contribution in [-0.4, -0.2) is 11.1 Å². The van der Waals surface area contributed by atoms with Crippen molar-refractivity contribution in [1.29, 1.82) is 0 Å². The smallest absolute Gasteiger partial charge is 0.311 e. The lowest BCUT2D eigenvalue weighted by molar-refractivity contribution is -0.135. The van der Waals surface area contributed by atoms with Crippen molar-refractivity contribution in [3.05, 3.63) is 23.3 Å². The van der Waals surface area contributed by atoms with Crippen LogP contribution < -0.4 is 4.74 Å². The van der Waals surface area contributed by atoms with Crippen LogP contribution in [0.25, 0.3) is 0 Å². The third-order valence-corrected chi connectivity index (χ3v) is 3.38. The lowest BCUT2D eigenvalue weighted by Crippen LogP contribution is -2.15. The molecule has 0 saturated carbocycles. The molecule has 0 amide bonds. The van der Waals surface area contributed by atoms with Crippen LogP contribution in [0.2, 0.25) is 0 Å². The van der Waals surface area contributed by atoms with E-state index in [4.69, 9.17) is 4.74 Å². The Morgan fingerprint density at radius 2 is 2.06 bits per heavy atom. The van der Waals surface area contributed by atoms with Gasteiger partial charge in [-0.15, -0.1) is 0 Å². The Balaban J connectivity index is 2.05. The van der Waals surface area contributed by atoms with Crippen molar-refractivity contribution >= 4 is 5.97 Å². The van der Waals surface area contributed by atoms with Gasteiger partial charge in [-0.3, -0.25) is 4.79 Å². The summed E-state index contributed by atoms with van der Waals surface area (Å²) in [5.74, 6) is 0.568. The van der Waals surface area contributed by atoms with E-state index in [9.17, 15) is 9.90 Å². The number of rotatable bonds is 5. The van der Waals surface area contributed by atoms with E-state index >= 15 is 0 Å². The van der Waals surface area contributed by atoms with E-state index < -0.39 is 0 Å². The maximum Gasteiger partial charge on any atom is 0.311 e. The second kappa shape index (κ2) is 5.89. The molecule has 0 aromatic heterocycles. The van der Waals surface area contributed by atoms with Gasteiger partial charge in [-0.05, 0) is 36.5 Å². The molecule has 18 heavy (non-hydrogen) atoms. The fourth-order valence-corrected chi connectivity index (χ4v) is 2.31. The minimum Gasteiger partial charge on any atom is -0.508 e. The fraction of sp³-hybridized carbons (Fsp3) is 0.533. The van der Waals surface area contributed by atoms with Gasteiger partial charge in [-0.25, -0.2) is 0 Å². The molecule has 1 N–H and O–H groups in total. The van der Waals surface area contributed by atoms with Crippen LogP contribution in [0, 0.1) is 0 Å². The number of aromatic hydroxyl groups is 1. The van der Waals surface area contributed by atoms with Gasteiger partial charge in [0.05, 0.1) is 6.42 Å². The van der Waals surface area contributed by atoms with E-state index in [-0.39, 0.29) is 11.7 Å². The Morgan fingerprint density at radius 3 is 2.83 bits per heavy atom. The highest BCUT2D eigenvalue weighted by atomic mass is 16.5. The highest BCUT2D eigenvalue weighted by molar-refractivity contribution is 5.75. The number of hydrogen-bond acceptors (Lipinski definition) is 3. The minimum absolute atomic E-state index is 0.211. The van der Waals surface area contributed by atoms with E-state index in [0.717, 1.165) is 30.4 Å². The maximum absolute atomic E-state index is 11.2. The van der Waals surface area contributed by atoms with Gasteiger partial charge in [0.25, 0.3) is 0 Å². The third-order valence-electron chi connectivity index (χ3n) is 3.38. The van der Waals surface area contributed by atoms with Crippen molar-refractivity contribution < 1.29 is 14.6 Å². The van der Waals surface area contributed by atoms with Crippen molar-refractivity contribution in [3.63, 3.8) is 0 Å². The van der Waals surface area contributed by atoms with Crippen LogP contribution in [0.5, 0.6) is 11.5 Å². The number of benzene rings is 1. The number of carbonyl (C=O) groups is 1. The predicted octanol–water partition coefficient (Wildman–Crippen LogP) is 3.37. The predicted molar refractivity (Wildman–Crippen MR) is 69.9 cm³/mol. The monoisotopic (exact) mass is 248 g/mol. The summed E-state index contributed by atoms with van der Waals surface area (Å²) in [7, 11) is 0. The van der Waals surface area contributed by atoms with Crippen LogP contribution in [0.3, 0.4) is 0 Å². The van der Waals surface area contributed by atoms with Gasteiger partial charge in [0.1, 0.15) is 11.5 Å². The molecule has 3 heteroatoms. The Bertz CT molecular complexity index is 438. The van der Waals surface area contributed by atoms with Gasteiger partial charge >= 0.3 is 5.97 Å². The second-order valence-electron chi connectivity index (χ2n) is 4.87. The molecule has 1 aliphatic rings. The van der Waals surface area contributed by atoms with Crippen LogP contribution in [0.15, 0.2) is 12.1 Å². The molecule has 0 saturated heterocycles. The molecule has 0 spiro atoms. The van der Waals surface area contributed by atoms with Crippen LogP contribution in [0.4, 0.5) is 0 Å². The molecule has 0 unspecified atom stereocenters. The molecule has 0 fully saturated rings. The first-order valence-electron chi connectivity index (χ1n) is 6.76. The Labute approximate surface area is 108 Å². The number of ether oxygens (including phenoxy) is 1. The summed E-state index contributed by atoms with van der Waals surface area (Å²) in [6.07, 6.45) is 6.80. The first kappa shape index (κ1) is 12.9. The Hall–Kier alpha value is -1.51. The zero-order chi connectivity index (χ0) is 13.0. The number of phenols is 1. The third kappa shape index (κ3) is 3.03. The van der Waals surface area contributed by atoms with Crippen LogP contribution in [-0.2, 0) is 17.6 Å². The summed E-state index contributed by atoms with van der Waals surface area (Å²) in [5, 5.41) is 9.92. The second-order valence-corrected chi connectivity index (χ2v) is 4.87. The molecular formula is C15H20O3. The van der Waals surface area contributed by atoms with Gasteiger partial charge < -0.3 is 9.84 Å². The van der Waals surface area contributed by atoms with Gasteiger partial charge in [-0.1, -0.05) is 26.2 Å². The summed E-state index contributed by atoms with van der Waals surface area (Å²) in [6, 6.07) is 3.57. The van der Waals surface area contributed by atoms with Gasteiger partial charge in [-0.2, -0.15) is 0 Å². The van der Waals surface area contributed by atoms with E-state index in [1.54, 1.807) is 6.07 Å². The Morgan fingerprint density at radius 1 is 1.22 bits per heavy atom. The van der Waals surface area contributed by atoms with Crippen molar-refractivity contribution in [2.24, 2.45) is 0 Å². The van der Waals surface area contributed by atoms with Crippen molar-refractivity contribution in [2.75, 3.05) is 0 Å². The fourth-order valence-electron chi connectivity index (χ4n) is 2.31. The number of esters is 1. The summed E-state index contributed by atoms with van der Waals surface area (Å²) in [6.45, 7) is 2.19. The molecule has 1 aromatic rings. The number of aryl methyl sites for hydroxylation is 2. The molecule has 0 aliphatic carbocycles. The molecule has 1 heterocycles. The molecule has 3 nitrogen and oxygen atoms in total. The molecule has 0 bridgehead atoms. The minimum atomic E-state index is -0.211. The van der Waals surface area contributed by atoms with Gasteiger partial charge in [0, 0.05) is 6.07 Å². The Kier molecular flexibility index (Phi) is 4.24. The largest absolute Gasteiger partial charge is 0.508 e. The average Bonchev–Trinajstić information content (AvgIpc) is 2.35. The maximum atomic E-state index is 11.2. The SMILES string of the molecule is CCCCCCc1cc2c(cc1O)OC(=O)CC2. The van der Waals surface area contributed by atoms with E-state index in [1.165, 1.54) is 19.3 Å². The summed E-state index contributed by atoms with van der Waals surface area (Å²) < 4.78 is 5.11. The summed E-state index contributed by atoms with van der Waals surface area (Å²) in [4.78, 5) is 11.2. The molecule has 1 aromatic carbocycles. The first-order chi connectivity index (χ1) is 8.70. The topological polar surface area (TPSA) is 46.5 Å². The molecule has 0 atom stereocenters. The highest BCUT2D eigenvalue weighted by Crippen LogP contribution is 2.33. The quantitative estimate of drug-likeness (QED) is 0.493. The van der Waals surface area contributed by atoms with Crippen LogP contribution in [0.1, 0.15) is 50.2 Å². The normalized spacial score (nSPS) is 14.2. The number of carbonyl (C=O) groups excluding carboxylic acids is 1. The van der Waals surface area contributed by atoms with Crippen LogP contribution >= 0.6 is 0 Å². The zero-order valence-corrected chi connectivity index (χ0v) is 10.9. The van der Waals surface area contributed by atoms with Crippen molar-refractivity contribution in [3.8, 4) is 11.5 Å². The number of fused-ring (bicyclic) bond motifs is 1. The van der Waals surface area contributed by atoms with E-state index in [0.29, 0.717) is 12.2 Å². The lowest BCUT2D eigenvalue weighted by Gasteiger charge is -2.17. The molecule has 2 rings (SSSR count). The zero-order valence-electron chi connectivity index (χ0n) is 10.9. The first-order valence-corrected chi connectivity index (χ1v) is 6.76. The molecule has 98 valence electrons. The van der Waals surface area contributed by atoms with E-state index in [1.807, 2.05) is 6.07 Å². The summed E-state index contributed by atoms with van der Waals surface area (Å²) in [5.41, 5.74) is 2.01. The number of unbranched alkanes of at least 4 members (excludes halogenated alkanes) is 3. The average molecular weight is 248 g/mol. The van der Waals surface area contributed by atoms with Gasteiger partial charge in [0.2, 0.25) is 0 Å². The van der Waals surface area contributed by atoms with Gasteiger partial charge in [0.15, 0.2) is 0 Å². The van der Waals surface area contributed by atoms with E-state index in [2.05, 4.69) is 6.92 Å². The lowest BCUT2D eigenvalue weighted by atomic mass is 9.98. The highest BCUT2D eigenvalue weighted by Gasteiger charge is 2.19. The molecule has 1 aliphatic heterocycles. The standard InChI is InChI=1S/C15H20O3/c1-2-3-4-5-6-11-9-12-7-8-15(17)18-14(12)10-13(11)16/h9-10,16H,2-8H2,1H3. The number of phenolic OH excluding ortho intramolecular Hbond substituents is 1. The van der Waals surface area contributed by atoms with Crippen molar-refractivity contribution in [2.45, 2.75) is 51.9 Å². The molecule has 0 radical (unpaired) electrons. The molecular weight excluding hydrogens is 228 g/mol. The summed E-state index contributed by atoms with van der Waals surface area (Å²) >= 11 is 0.